The van der Waals surface area contributed by atoms with Crippen molar-refractivity contribution < 1.29 is 0 Å². The van der Waals surface area contributed by atoms with Crippen LogP contribution in [-0.2, 0) is 0 Å². The topological polar surface area (TPSA) is 28.7 Å². The second-order valence-electron chi connectivity index (χ2n) is 15.1. The molecule has 0 saturated carbocycles. The third-order valence-corrected chi connectivity index (χ3v) is 12.2. The van der Waals surface area contributed by atoms with E-state index in [9.17, 15) is 5.26 Å². The van der Waals surface area contributed by atoms with Gasteiger partial charge in [-0.2, -0.15) is 5.26 Å². The Balaban J connectivity index is 1.04. The summed E-state index contributed by atoms with van der Waals surface area (Å²) in [6, 6.07) is 72.9. The minimum Gasteiger partial charge on any atom is -0.309 e. The van der Waals surface area contributed by atoms with Crippen molar-refractivity contribution in [2.75, 3.05) is 0 Å². The number of para-hydroxylation sites is 1. The first-order valence-corrected chi connectivity index (χ1v) is 19.5. The highest BCUT2D eigenvalue weighted by Crippen LogP contribution is 2.46. The Morgan fingerprint density at radius 1 is 0.333 bits per heavy atom. The van der Waals surface area contributed by atoms with Crippen molar-refractivity contribution in [3.8, 4) is 45.1 Å². The van der Waals surface area contributed by atoms with Crippen LogP contribution in [0.2, 0.25) is 0 Å². The third kappa shape index (κ3) is 4.58. The minimum absolute atomic E-state index is 0.700. The SMILES string of the molecule is N#Cc1ccc2c3c1ccc1c(-c4ccc(-c5cc6c7ccccc7c(-c7cccc8ccccc78)cc6c6ccccc56)cc4)ccc(c13)n2-c1ccccc1. The molecule has 12 aromatic rings. The monoisotopic (exact) mass is 720 g/mol. The Morgan fingerprint density at radius 2 is 0.877 bits per heavy atom. The van der Waals surface area contributed by atoms with Crippen molar-refractivity contribution in [1.82, 2.24) is 4.57 Å². The first-order chi connectivity index (χ1) is 28.2. The predicted octanol–water partition coefficient (Wildman–Crippen LogP) is 14.9. The molecular formula is C55H32N2. The average molecular weight is 721 g/mol. The van der Waals surface area contributed by atoms with Crippen LogP contribution in [0.4, 0.5) is 0 Å². The molecule has 12 rings (SSSR count). The predicted molar refractivity (Wildman–Crippen MR) is 241 cm³/mol. The maximum Gasteiger partial charge on any atom is 0.0998 e. The van der Waals surface area contributed by atoms with Gasteiger partial charge in [0.15, 0.2) is 0 Å². The van der Waals surface area contributed by atoms with Gasteiger partial charge in [0.05, 0.1) is 22.7 Å². The summed E-state index contributed by atoms with van der Waals surface area (Å²) in [4.78, 5) is 0. The highest BCUT2D eigenvalue weighted by atomic mass is 15.0. The summed E-state index contributed by atoms with van der Waals surface area (Å²) in [5.41, 5.74) is 11.3. The fourth-order valence-electron chi connectivity index (χ4n) is 9.66. The molecule has 1 aromatic heterocycles. The van der Waals surface area contributed by atoms with Crippen molar-refractivity contribution in [2.24, 2.45) is 0 Å². The third-order valence-electron chi connectivity index (χ3n) is 12.2. The van der Waals surface area contributed by atoms with E-state index in [1.165, 1.54) is 81.7 Å². The number of benzene rings is 11. The molecule has 0 fully saturated rings. The van der Waals surface area contributed by atoms with Crippen LogP contribution in [0.1, 0.15) is 5.56 Å². The van der Waals surface area contributed by atoms with E-state index < -0.39 is 0 Å². The van der Waals surface area contributed by atoms with E-state index in [0.717, 1.165) is 33.1 Å². The molecule has 0 spiro atoms. The molecule has 57 heavy (non-hydrogen) atoms. The van der Waals surface area contributed by atoms with Crippen molar-refractivity contribution in [3.63, 3.8) is 0 Å². The zero-order valence-corrected chi connectivity index (χ0v) is 30.9. The first kappa shape index (κ1) is 31.6. The van der Waals surface area contributed by atoms with Crippen molar-refractivity contribution in [2.45, 2.75) is 0 Å². The molecule has 0 amide bonds. The maximum absolute atomic E-state index is 10.1. The minimum atomic E-state index is 0.700. The van der Waals surface area contributed by atoms with Gasteiger partial charge in [-0.25, -0.2) is 0 Å². The second kappa shape index (κ2) is 12.1. The van der Waals surface area contributed by atoms with Gasteiger partial charge in [-0.1, -0.05) is 152 Å². The highest BCUT2D eigenvalue weighted by molar-refractivity contribution is 6.28. The quantitative estimate of drug-likeness (QED) is 0.166. The van der Waals surface area contributed by atoms with E-state index in [-0.39, 0.29) is 0 Å². The van der Waals surface area contributed by atoms with E-state index in [4.69, 9.17) is 0 Å². The Kier molecular flexibility index (Phi) is 6.73. The van der Waals surface area contributed by atoms with Crippen LogP contribution in [0.15, 0.2) is 194 Å². The fourth-order valence-corrected chi connectivity index (χ4v) is 9.66. The lowest BCUT2D eigenvalue weighted by molar-refractivity contribution is 1.18. The van der Waals surface area contributed by atoms with Gasteiger partial charge in [0.2, 0.25) is 0 Å². The molecule has 0 aliphatic carbocycles. The smallest absolute Gasteiger partial charge is 0.0998 e. The molecule has 262 valence electrons. The number of nitrogens with zero attached hydrogens (tertiary/aromatic N) is 2. The molecule has 2 heteroatoms. The molecule has 0 aliphatic heterocycles. The summed E-state index contributed by atoms with van der Waals surface area (Å²) in [5, 5.41) is 24.6. The van der Waals surface area contributed by atoms with E-state index >= 15 is 0 Å². The van der Waals surface area contributed by atoms with Crippen LogP contribution in [0, 0.1) is 11.3 Å². The van der Waals surface area contributed by atoms with Crippen LogP contribution >= 0.6 is 0 Å². The number of rotatable bonds is 4. The zero-order valence-electron chi connectivity index (χ0n) is 30.9. The molecule has 0 bridgehead atoms. The lowest BCUT2D eigenvalue weighted by atomic mass is 9.86. The Morgan fingerprint density at radius 3 is 1.60 bits per heavy atom. The maximum atomic E-state index is 10.1. The van der Waals surface area contributed by atoms with Gasteiger partial charge < -0.3 is 4.57 Å². The molecule has 0 unspecified atom stereocenters. The number of fused-ring (bicyclic) bond motifs is 6. The van der Waals surface area contributed by atoms with Gasteiger partial charge in [-0.05, 0) is 124 Å². The van der Waals surface area contributed by atoms with E-state index in [1.54, 1.807) is 0 Å². The number of nitriles is 1. The standard InChI is InChI=1S/C55H32N2/c56-33-37-25-29-52-54-41(37)26-27-47-40(28-30-53(55(47)54)57(52)38-13-2-1-3-14-38)35-21-23-36(24-22-35)48-31-50-46-19-9-8-18-45(46)49(32-51(50)44-17-7-6-16-43(44)48)42-20-10-12-34-11-4-5-15-39(34)42/h1-32H. The van der Waals surface area contributed by atoms with Gasteiger partial charge in [-0.15, -0.1) is 0 Å². The number of hydrogen-bond donors (Lipinski definition) is 0. The number of aromatic nitrogens is 1. The molecule has 0 N–H and O–H groups in total. The summed E-state index contributed by atoms with van der Waals surface area (Å²) in [5.74, 6) is 0. The normalized spacial score (nSPS) is 11.8. The summed E-state index contributed by atoms with van der Waals surface area (Å²) >= 11 is 0. The Hall–Kier alpha value is -7.73. The van der Waals surface area contributed by atoms with E-state index in [0.29, 0.717) is 5.56 Å². The van der Waals surface area contributed by atoms with Gasteiger partial charge in [-0.3, -0.25) is 0 Å². The molecule has 0 aliphatic rings. The Labute approximate surface area is 329 Å². The zero-order chi connectivity index (χ0) is 37.6. The van der Waals surface area contributed by atoms with Crippen molar-refractivity contribution >= 4 is 75.7 Å². The molecule has 0 radical (unpaired) electrons. The van der Waals surface area contributed by atoms with Crippen LogP contribution in [0.3, 0.4) is 0 Å². The van der Waals surface area contributed by atoms with Gasteiger partial charge in [0.1, 0.15) is 0 Å². The molecule has 11 aromatic carbocycles. The van der Waals surface area contributed by atoms with Crippen LogP contribution in [0.5, 0.6) is 0 Å². The molecule has 2 nitrogen and oxygen atoms in total. The number of hydrogen-bond acceptors (Lipinski definition) is 1. The lowest BCUT2D eigenvalue weighted by Crippen LogP contribution is -1.93. The largest absolute Gasteiger partial charge is 0.309 e. The van der Waals surface area contributed by atoms with E-state index in [2.05, 4.69) is 199 Å². The first-order valence-electron chi connectivity index (χ1n) is 19.5. The van der Waals surface area contributed by atoms with Crippen LogP contribution in [-0.4, -0.2) is 4.57 Å². The summed E-state index contributed by atoms with van der Waals surface area (Å²) in [6.07, 6.45) is 0. The van der Waals surface area contributed by atoms with E-state index in [1.807, 2.05) is 6.07 Å². The Bertz CT molecular complexity index is 3620. The molecular weight excluding hydrogens is 689 g/mol. The van der Waals surface area contributed by atoms with Crippen LogP contribution < -0.4 is 0 Å². The second-order valence-corrected chi connectivity index (χ2v) is 15.1. The van der Waals surface area contributed by atoms with Gasteiger partial charge in [0.25, 0.3) is 0 Å². The fraction of sp³-hybridized carbons (Fsp3) is 0. The summed E-state index contributed by atoms with van der Waals surface area (Å²) in [6.45, 7) is 0. The van der Waals surface area contributed by atoms with Crippen molar-refractivity contribution in [3.05, 3.63) is 200 Å². The summed E-state index contributed by atoms with van der Waals surface area (Å²) in [7, 11) is 0. The molecule has 1 heterocycles. The van der Waals surface area contributed by atoms with Gasteiger partial charge in [0, 0.05) is 21.8 Å². The lowest BCUT2D eigenvalue weighted by Gasteiger charge is -2.17. The average Bonchev–Trinajstić information content (AvgIpc) is 3.63. The van der Waals surface area contributed by atoms with Crippen LogP contribution in [0.25, 0.3) is 115 Å². The van der Waals surface area contributed by atoms with Gasteiger partial charge >= 0.3 is 0 Å². The van der Waals surface area contributed by atoms with Crippen molar-refractivity contribution in [1.29, 1.82) is 5.26 Å². The molecule has 0 atom stereocenters. The highest BCUT2D eigenvalue weighted by Gasteiger charge is 2.21. The summed E-state index contributed by atoms with van der Waals surface area (Å²) < 4.78 is 2.33. The molecule has 0 saturated heterocycles.